The maximum atomic E-state index is 13.7. The van der Waals surface area contributed by atoms with Gasteiger partial charge in [0.25, 0.3) is 0 Å². The Balaban J connectivity index is 1.98. The second-order valence-electron chi connectivity index (χ2n) is 4.73. The van der Waals surface area contributed by atoms with Crippen LogP contribution in [0.5, 0.6) is 0 Å². The molecule has 0 aliphatic heterocycles. The zero-order chi connectivity index (χ0) is 14.1. The summed E-state index contributed by atoms with van der Waals surface area (Å²) in [5, 5.41) is 10.1. The Kier molecular flexibility index (Phi) is 3.24. The number of hydrogen-bond acceptors (Lipinski definition) is 1. The predicted octanol–water partition coefficient (Wildman–Crippen LogP) is 3.46. The fourth-order valence-corrected chi connectivity index (χ4v) is 2.32. The summed E-state index contributed by atoms with van der Waals surface area (Å²) in [6.07, 6.45) is 1.86. The van der Waals surface area contributed by atoms with Crippen molar-refractivity contribution in [1.29, 1.82) is 0 Å². The van der Waals surface area contributed by atoms with Crippen LogP contribution in [0.1, 0.15) is 11.1 Å². The summed E-state index contributed by atoms with van der Waals surface area (Å²) in [5.41, 5.74) is 2.23. The van der Waals surface area contributed by atoms with Crippen molar-refractivity contribution in [1.82, 2.24) is 4.57 Å². The number of aromatic nitrogens is 1. The zero-order valence-electron chi connectivity index (χ0n) is 10.7. The highest BCUT2D eigenvalue weighted by atomic mass is 19.1. The molecule has 1 heterocycles. The predicted molar refractivity (Wildman–Crippen MR) is 73.3 cm³/mol. The first-order chi connectivity index (χ1) is 9.67. The van der Waals surface area contributed by atoms with Crippen molar-refractivity contribution in [3.05, 3.63) is 71.4 Å². The average Bonchev–Trinajstić information content (AvgIpc) is 2.84. The van der Waals surface area contributed by atoms with E-state index in [1.807, 2.05) is 35.0 Å². The molecule has 0 saturated carbocycles. The quantitative estimate of drug-likeness (QED) is 0.776. The third kappa shape index (κ3) is 2.30. The molecule has 4 heteroatoms. The van der Waals surface area contributed by atoms with Crippen LogP contribution in [-0.4, -0.2) is 9.67 Å². The van der Waals surface area contributed by atoms with Crippen molar-refractivity contribution in [3.63, 3.8) is 0 Å². The van der Waals surface area contributed by atoms with Crippen molar-refractivity contribution in [2.75, 3.05) is 0 Å². The van der Waals surface area contributed by atoms with E-state index in [0.717, 1.165) is 22.5 Å². The van der Waals surface area contributed by atoms with Gasteiger partial charge in [-0.15, -0.1) is 0 Å². The van der Waals surface area contributed by atoms with E-state index in [-0.39, 0.29) is 6.61 Å². The number of aliphatic hydroxyl groups excluding tert-OH is 1. The monoisotopic (exact) mass is 273 g/mol. The molecular formula is C16H13F2NO. The summed E-state index contributed by atoms with van der Waals surface area (Å²) in [6, 6.07) is 11.1. The van der Waals surface area contributed by atoms with E-state index < -0.39 is 11.6 Å². The maximum absolute atomic E-state index is 13.7. The summed E-state index contributed by atoms with van der Waals surface area (Å²) in [4.78, 5) is 0. The molecule has 3 rings (SSSR count). The highest BCUT2D eigenvalue weighted by Crippen LogP contribution is 2.20. The molecule has 102 valence electrons. The number of nitrogens with zero attached hydrogens (tertiary/aromatic N) is 1. The lowest BCUT2D eigenvalue weighted by Gasteiger charge is -2.07. The van der Waals surface area contributed by atoms with Crippen LogP contribution in [-0.2, 0) is 13.2 Å². The highest BCUT2D eigenvalue weighted by Gasteiger charge is 2.07. The molecule has 20 heavy (non-hydrogen) atoms. The van der Waals surface area contributed by atoms with E-state index in [9.17, 15) is 8.78 Å². The van der Waals surface area contributed by atoms with Gasteiger partial charge in [0.2, 0.25) is 0 Å². The largest absolute Gasteiger partial charge is 0.392 e. The molecule has 0 amide bonds. The normalized spacial score (nSPS) is 11.2. The zero-order valence-corrected chi connectivity index (χ0v) is 10.7. The lowest BCUT2D eigenvalue weighted by molar-refractivity contribution is 0.282. The van der Waals surface area contributed by atoms with E-state index in [1.54, 1.807) is 0 Å². The van der Waals surface area contributed by atoms with Crippen LogP contribution in [0.3, 0.4) is 0 Å². The van der Waals surface area contributed by atoms with E-state index in [1.165, 1.54) is 12.1 Å². The van der Waals surface area contributed by atoms with Gasteiger partial charge in [-0.3, -0.25) is 0 Å². The van der Waals surface area contributed by atoms with Gasteiger partial charge in [0, 0.05) is 23.3 Å². The first-order valence-electron chi connectivity index (χ1n) is 6.30. The van der Waals surface area contributed by atoms with Crippen molar-refractivity contribution in [3.8, 4) is 0 Å². The minimum absolute atomic E-state index is 0.00624. The van der Waals surface area contributed by atoms with Gasteiger partial charge in [-0.25, -0.2) is 8.78 Å². The third-order valence-electron chi connectivity index (χ3n) is 3.37. The minimum atomic E-state index is -0.573. The number of hydrogen-bond donors (Lipinski definition) is 1. The van der Waals surface area contributed by atoms with Crippen LogP contribution in [0.25, 0.3) is 10.9 Å². The molecule has 0 spiro atoms. The summed E-state index contributed by atoms with van der Waals surface area (Å²) in [5.74, 6) is -1.12. The minimum Gasteiger partial charge on any atom is -0.392 e. The summed E-state index contributed by atoms with van der Waals surface area (Å²) >= 11 is 0. The van der Waals surface area contributed by atoms with Gasteiger partial charge < -0.3 is 9.67 Å². The molecule has 1 aromatic heterocycles. The average molecular weight is 273 g/mol. The summed E-state index contributed by atoms with van der Waals surface area (Å²) in [6.45, 7) is 0.335. The highest BCUT2D eigenvalue weighted by molar-refractivity contribution is 5.81. The number of aliphatic hydroxyl groups is 1. The van der Waals surface area contributed by atoms with Gasteiger partial charge in [0.05, 0.1) is 13.2 Å². The van der Waals surface area contributed by atoms with Crippen LogP contribution in [0.4, 0.5) is 8.78 Å². The lowest BCUT2D eigenvalue weighted by Crippen LogP contribution is -2.01. The van der Waals surface area contributed by atoms with Crippen LogP contribution in [0.15, 0.2) is 48.7 Å². The Labute approximate surface area is 114 Å². The van der Waals surface area contributed by atoms with Gasteiger partial charge in [-0.1, -0.05) is 12.1 Å². The molecule has 1 N–H and O–H groups in total. The maximum Gasteiger partial charge on any atom is 0.131 e. The standard InChI is InChI=1S/C16H13F2NO/c17-14-3-2-13(15(18)8-14)9-19-6-5-12-7-11(10-20)1-4-16(12)19/h1-8,20H,9-10H2. The van der Waals surface area contributed by atoms with Crippen LogP contribution in [0.2, 0.25) is 0 Å². The van der Waals surface area contributed by atoms with Crippen LogP contribution < -0.4 is 0 Å². The Hall–Kier alpha value is -2.20. The first kappa shape index (κ1) is 12.8. The Bertz CT molecular complexity index is 764. The molecule has 2 nitrogen and oxygen atoms in total. The van der Waals surface area contributed by atoms with E-state index >= 15 is 0 Å². The number of benzene rings is 2. The third-order valence-corrected chi connectivity index (χ3v) is 3.37. The lowest BCUT2D eigenvalue weighted by atomic mass is 10.1. The molecule has 0 fully saturated rings. The summed E-state index contributed by atoms with van der Waals surface area (Å²) < 4.78 is 28.5. The van der Waals surface area contributed by atoms with Crippen molar-refractivity contribution in [2.24, 2.45) is 0 Å². The second kappa shape index (κ2) is 5.06. The summed E-state index contributed by atoms with van der Waals surface area (Å²) in [7, 11) is 0. The van der Waals surface area contributed by atoms with Crippen molar-refractivity contribution < 1.29 is 13.9 Å². The fraction of sp³-hybridized carbons (Fsp3) is 0.125. The molecule has 0 atom stereocenters. The van der Waals surface area contributed by atoms with Crippen molar-refractivity contribution >= 4 is 10.9 Å². The number of rotatable bonds is 3. The molecular weight excluding hydrogens is 260 g/mol. The molecule has 2 aromatic carbocycles. The topological polar surface area (TPSA) is 25.2 Å². The molecule has 0 aliphatic rings. The fourth-order valence-electron chi connectivity index (χ4n) is 2.32. The van der Waals surface area contributed by atoms with Crippen LogP contribution in [0, 0.1) is 11.6 Å². The van der Waals surface area contributed by atoms with Gasteiger partial charge in [0.1, 0.15) is 11.6 Å². The Morgan fingerprint density at radius 3 is 2.60 bits per heavy atom. The number of halogens is 2. The van der Waals surface area contributed by atoms with E-state index in [2.05, 4.69) is 0 Å². The molecule has 0 bridgehead atoms. The Morgan fingerprint density at radius 2 is 1.85 bits per heavy atom. The van der Waals surface area contributed by atoms with E-state index in [4.69, 9.17) is 5.11 Å². The van der Waals surface area contributed by atoms with Gasteiger partial charge in [0.15, 0.2) is 0 Å². The van der Waals surface area contributed by atoms with Gasteiger partial charge in [-0.05, 0) is 35.2 Å². The molecule has 0 unspecified atom stereocenters. The molecule has 0 saturated heterocycles. The van der Waals surface area contributed by atoms with E-state index in [0.29, 0.717) is 12.1 Å². The molecule has 0 radical (unpaired) electrons. The SMILES string of the molecule is OCc1ccc2c(ccn2Cc2ccc(F)cc2F)c1. The van der Waals surface area contributed by atoms with Gasteiger partial charge in [-0.2, -0.15) is 0 Å². The van der Waals surface area contributed by atoms with Crippen LogP contribution >= 0.6 is 0 Å². The smallest absolute Gasteiger partial charge is 0.131 e. The first-order valence-corrected chi connectivity index (χ1v) is 6.30. The number of fused-ring (bicyclic) bond motifs is 1. The van der Waals surface area contributed by atoms with Gasteiger partial charge >= 0.3 is 0 Å². The van der Waals surface area contributed by atoms with Crippen molar-refractivity contribution in [2.45, 2.75) is 13.2 Å². The molecule has 0 aliphatic carbocycles. The Morgan fingerprint density at radius 1 is 1.00 bits per heavy atom. The molecule has 3 aromatic rings. The second-order valence-corrected chi connectivity index (χ2v) is 4.73.